The Morgan fingerprint density at radius 1 is 1.17 bits per heavy atom. The quantitative estimate of drug-likeness (QED) is 0.898. The van der Waals surface area contributed by atoms with Crippen molar-refractivity contribution in [3.8, 4) is 0 Å². The molecule has 2 heterocycles. The predicted molar refractivity (Wildman–Crippen MR) is 96.2 cm³/mol. The maximum atomic E-state index is 11.9. The van der Waals surface area contributed by atoms with Crippen LogP contribution in [-0.2, 0) is 4.79 Å². The molecule has 0 spiro atoms. The Hall–Kier alpha value is -2.33. The number of nitrogens with one attached hydrogen (secondary N) is 2. The number of halogens is 1. The van der Waals surface area contributed by atoms with Crippen LogP contribution in [0, 0.1) is 13.8 Å². The zero-order chi connectivity index (χ0) is 17.3. The van der Waals surface area contributed by atoms with Crippen molar-refractivity contribution in [2.75, 3.05) is 0 Å². The van der Waals surface area contributed by atoms with Crippen LogP contribution in [0.1, 0.15) is 35.2 Å². The lowest BCUT2D eigenvalue weighted by Crippen LogP contribution is -2.23. The number of hydrogen-bond donors (Lipinski definition) is 2. The van der Waals surface area contributed by atoms with Gasteiger partial charge in [0.2, 0.25) is 5.91 Å². The molecular formula is C19H19ClN2O2. The molecule has 0 saturated carbocycles. The van der Waals surface area contributed by atoms with Crippen LogP contribution in [0.3, 0.4) is 0 Å². The molecule has 1 aromatic carbocycles. The second-order valence-corrected chi connectivity index (χ2v) is 6.55. The fraction of sp³-hybridized carbons (Fsp3) is 0.263. The molecule has 1 aliphatic heterocycles. The number of pyridine rings is 1. The van der Waals surface area contributed by atoms with Gasteiger partial charge in [-0.25, -0.2) is 0 Å². The fourth-order valence-electron chi connectivity index (χ4n) is 2.83. The largest absolute Gasteiger partial charge is 0.350 e. The first-order chi connectivity index (χ1) is 11.4. The summed E-state index contributed by atoms with van der Waals surface area (Å²) in [6, 6.07) is 9.52. The van der Waals surface area contributed by atoms with Crippen LogP contribution < -0.4 is 10.9 Å². The van der Waals surface area contributed by atoms with Gasteiger partial charge in [0, 0.05) is 23.7 Å². The first kappa shape index (κ1) is 16.5. The molecule has 1 aliphatic rings. The number of benzene rings is 1. The maximum absolute atomic E-state index is 11.9. The van der Waals surface area contributed by atoms with Gasteiger partial charge in [-0.05, 0) is 49.1 Å². The summed E-state index contributed by atoms with van der Waals surface area (Å²) < 4.78 is 0. The zero-order valence-electron chi connectivity index (χ0n) is 13.7. The molecule has 0 bridgehead atoms. The number of amides is 1. The molecule has 1 amide bonds. The van der Waals surface area contributed by atoms with E-state index in [1.165, 1.54) is 11.1 Å². The summed E-state index contributed by atoms with van der Waals surface area (Å²) in [5, 5.41) is 3.10. The van der Waals surface area contributed by atoms with E-state index in [2.05, 4.69) is 36.3 Å². The topological polar surface area (TPSA) is 62.0 Å². The summed E-state index contributed by atoms with van der Waals surface area (Å²) >= 11 is 5.85. The first-order valence-corrected chi connectivity index (χ1v) is 8.30. The average molecular weight is 343 g/mol. The lowest BCUT2D eigenvalue weighted by Gasteiger charge is -2.13. The van der Waals surface area contributed by atoms with Crippen LogP contribution in [-0.4, -0.2) is 16.9 Å². The molecule has 0 radical (unpaired) electrons. The SMILES string of the molecule is Cc1ccc(/C(=C\[C@H]2CCC(=O)N2)c2ccc(Cl)c(=O)[nH]2)cc1C. The van der Waals surface area contributed by atoms with Crippen molar-refractivity contribution in [3.05, 3.63) is 74.2 Å². The Morgan fingerprint density at radius 3 is 2.58 bits per heavy atom. The van der Waals surface area contributed by atoms with E-state index in [4.69, 9.17) is 11.6 Å². The lowest BCUT2D eigenvalue weighted by molar-refractivity contribution is -0.119. The third-order valence-electron chi connectivity index (χ3n) is 4.37. The highest BCUT2D eigenvalue weighted by Gasteiger charge is 2.20. The molecule has 4 nitrogen and oxygen atoms in total. The smallest absolute Gasteiger partial charge is 0.267 e. The van der Waals surface area contributed by atoms with Crippen molar-refractivity contribution in [1.82, 2.24) is 10.3 Å². The highest BCUT2D eigenvalue weighted by molar-refractivity contribution is 6.30. The van der Waals surface area contributed by atoms with Gasteiger partial charge in [-0.1, -0.05) is 35.9 Å². The minimum Gasteiger partial charge on any atom is -0.350 e. The van der Waals surface area contributed by atoms with Crippen LogP contribution in [0.4, 0.5) is 0 Å². The van der Waals surface area contributed by atoms with Crippen LogP contribution >= 0.6 is 11.6 Å². The molecule has 1 fully saturated rings. The van der Waals surface area contributed by atoms with E-state index in [9.17, 15) is 9.59 Å². The summed E-state index contributed by atoms with van der Waals surface area (Å²) in [4.78, 5) is 26.2. The minimum absolute atomic E-state index is 0.0340. The third-order valence-corrected chi connectivity index (χ3v) is 4.66. The number of aromatic amines is 1. The number of carbonyl (C=O) groups excluding carboxylic acids is 1. The number of H-pyrrole nitrogens is 1. The second-order valence-electron chi connectivity index (χ2n) is 6.14. The van der Waals surface area contributed by atoms with Gasteiger partial charge in [-0.2, -0.15) is 0 Å². The Morgan fingerprint density at radius 2 is 1.96 bits per heavy atom. The van der Waals surface area contributed by atoms with Crippen LogP contribution in [0.2, 0.25) is 5.02 Å². The van der Waals surface area contributed by atoms with E-state index in [0.717, 1.165) is 17.6 Å². The number of aryl methyl sites for hydroxylation is 2. The normalized spacial score (nSPS) is 17.9. The van der Waals surface area contributed by atoms with Gasteiger partial charge < -0.3 is 10.3 Å². The average Bonchev–Trinajstić information content (AvgIpc) is 2.96. The molecule has 2 N–H and O–H groups in total. The van der Waals surface area contributed by atoms with E-state index in [1.54, 1.807) is 12.1 Å². The minimum atomic E-state index is -0.320. The Bertz CT molecular complexity index is 883. The first-order valence-electron chi connectivity index (χ1n) is 7.92. The van der Waals surface area contributed by atoms with Crippen molar-refractivity contribution < 1.29 is 4.79 Å². The van der Waals surface area contributed by atoms with Gasteiger partial charge in [-0.15, -0.1) is 0 Å². The lowest BCUT2D eigenvalue weighted by atomic mass is 9.96. The fourth-order valence-corrected chi connectivity index (χ4v) is 2.94. The van der Waals surface area contributed by atoms with E-state index in [-0.39, 0.29) is 22.5 Å². The van der Waals surface area contributed by atoms with E-state index < -0.39 is 0 Å². The van der Waals surface area contributed by atoms with Crippen LogP contribution in [0.5, 0.6) is 0 Å². The molecule has 24 heavy (non-hydrogen) atoms. The van der Waals surface area contributed by atoms with E-state index in [0.29, 0.717) is 12.1 Å². The summed E-state index contributed by atoms with van der Waals surface area (Å²) in [5.41, 5.74) is 4.63. The standard InChI is InChI=1S/C19H19ClN2O2/c1-11-3-4-13(9-12(11)2)15(10-14-5-8-18(23)21-14)17-7-6-16(20)19(24)22-17/h3-4,6-7,9-10,14H,5,8H2,1-2H3,(H,21,23)(H,22,24)/b15-10+/t14-/m1/s1. The number of aromatic nitrogens is 1. The molecule has 0 aliphatic carbocycles. The van der Waals surface area contributed by atoms with E-state index >= 15 is 0 Å². The van der Waals surface area contributed by atoms with Crippen LogP contribution in [0.25, 0.3) is 5.57 Å². The Kier molecular flexibility index (Phi) is 4.58. The van der Waals surface area contributed by atoms with Gasteiger partial charge in [0.25, 0.3) is 5.56 Å². The molecule has 2 aromatic rings. The maximum Gasteiger partial charge on any atom is 0.267 e. The molecule has 5 heteroatoms. The van der Waals surface area contributed by atoms with Crippen molar-refractivity contribution >= 4 is 23.1 Å². The Balaban J connectivity index is 2.10. The molecule has 1 saturated heterocycles. The summed E-state index contributed by atoms with van der Waals surface area (Å²) in [6.07, 6.45) is 3.29. The zero-order valence-corrected chi connectivity index (χ0v) is 14.4. The van der Waals surface area contributed by atoms with Gasteiger partial charge in [0.1, 0.15) is 5.02 Å². The summed E-state index contributed by atoms with van der Waals surface area (Å²) in [7, 11) is 0. The number of carbonyl (C=O) groups is 1. The molecular weight excluding hydrogens is 324 g/mol. The highest BCUT2D eigenvalue weighted by atomic mass is 35.5. The van der Waals surface area contributed by atoms with Gasteiger partial charge >= 0.3 is 0 Å². The summed E-state index contributed by atoms with van der Waals surface area (Å²) in [5.74, 6) is 0.0558. The van der Waals surface area contributed by atoms with Crippen LogP contribution in [0.15, 0.2) is 41.2 Å². The molecule has 0 unspecified atom stereocenters. The second kappa shape index (κ2) is 6.65. The Labute approximate surface area is 145 Å². The van der Waals surface area contributed by atoms with Crippen molar-refractivity contribution in [2.24, 2.45) is 0 Å². The molecule has 3 rings (SSSR count). The van der Waals surface area contributed by atoms with E-state index in [1.807, 2.05) is 12.1 Å². The predicted octanol–water partition coefficient (Wildman–Crippen LogP) is 3.36. The molecule has 124 valence electrons. The van der Waals surface area contributed by atoms with Crippen molar-refractivity contribution in [1.29, 1.82) is 0 Å². The van der Waals surface area contributed by atoms with Gasteiger partial charge in [0.05, 0.1) is 0 Å². The van der Waals surface area contributed by atoms with Gasteiger partial charge in [0.15, 0.2) is 0 Å². The highest BCUT2D eigenvalue weighted by Crippen LogP contribution is 2.26. The van der Waals surface area contributed by atoms with Gasteiger partial charge in [-0.3, -0.25) is 9.59 Å². The summed E-state index contributed by atoms with van der Waals surface area (Å²) in [6.45, 7) is 4.11. The number of hydrogen-bond acceptors (Lipinski definition) is 2. The molecule has 1 aromatic heterocycles. The molecule has 1 atom stereocenters. The monoisotopic (exact) mass is 342 g/mol. The number of rotatable bonds is 3. The van der Waals surface area contributed by atoms with Crippen molar-refractivity contribution in [2.45, 2.75) is 32.7 Å². The third kappa shape index (κ3) is 3.44. The van der Waals surface area contributed by atoms with Crippen molar-refractivity contribution in [3.63, 3.8) is 0 Å².